The fourth-order valence-corrected chi connectivity index (χ4v) is 4.08. The van der Waals surface area contributed by atoms with Crippen molar-refractivity contribution in [1.29, 1.82) is 0 Å². The molecule has 2 atom stereocenters. The van der Waals surface area contributed by atoms with Crippen molar-refractivity contribution < 1.29 is 19.4 Å². The van der Waals surface area contributed by atoms with E-state index in [1.807, 2.05) is 0 Å². The Bertz CT molecular complexity index is 1330. The van der Waals surface area contributed by atoms with E-state index in [4.69, 9.17) is 4.74 Å². The summed E-state index contributed by atoms with van der Waals surface area (Å²) in [5.74, 6) is 0.0553. The van der Waals surface area contributed by atoms with E-state index in [1.54, 1.807) is 55.0 Å². The number of carbonyl (C=O) groups excluding carboxylic acids is 2. The van der Waals surface area contributed by atoms with Crippen LogP contribution in [0.2, 0.25) is 0 Å². The second-order valence-corrected chi connectivity index (χ2v) is 8.30. The van der Waals surface area contributed by atoms with E-state index in [0.717, 1.165) is 12.8 Å². The van der Waals surface area contributed by atoms with E-state index in [1.165, 1.54) is 6.33 Å². The first-order valence-electron chi connectivity index (χ1n) is 11.3. The van der Waals surface area contributed by atoms with Gasteiger partial charge in [0.2, 0.25) is 0 Å². The van der Waals surface area contributed by atoms with Crippen molar-refractivity contribution in [1.82, 2.24) is 19.9 Å². The van der Waals surface area contributed by atoms with Gasteiger partial charge < -0.3 is 25.5 Å². The molecule has 0 unspecified atom stereocenters. The van der Waals surface area contributed by atoms with Crippen molar-refractivity contribution in [2.24, 2.45) is 0 Å². The predicted molar refractivity (Wildman–Crippen MR) is 129 cm³/mol. The fourth-order valence-electron chi connectivity index (χ4n) is 4.08. The minimum atomic E-state index is -0.277. The summed E-state index contributed by atoms with van der Waals surface area (Å²) in [6, 6.07) is 9.89. The first kappa shape index (κ1) is 22.6. The van der Waals surface area contributed by atoms with Crippen molar-refractivity contribution in [3.63, 3.8) is 0 Å². The van der Waals surface area contributed by atoms with Crippen molar-refractivity contribution in [2.75, 3.05) is 23.8 Å². The van der Waals surface area contributed by atoms with Crippen LogP contribution in [0.4, 0.5) is 11.5 Å². The molecule has 1 aliphatic heterocycles. The maximum atomic E-state index is 13.4. The molecule has 1 saturated heterocycles. The van der Waals surface area contributed by atoms with Crippen LogP contribution in [0.1, 0.15) is 39.1 Å². The van der Waals surface area contributed by atoms with Crippen LogP contribution in [0.25, 0.3) is 11.0 Å². The molecule has 0 spiro atoms. The van der Waals surface area contributed by atoms with E-state index in [2.05, 4.69) is 30.6 Å². The average molecular weight is 473 g/mol. The average Bonchev–Trinajstić information content (AvgIpc) is 3.35. The highest BCUT2D eigenvalue weighted by Gasteiger charge is 2.24. The number of H-pyrrole nitrogens is 1. The summed E-state index contributed by atoms with van der Waals surface area (Å²) in [6.45, 7) is 0.443. The first-order valence-corrected chi connectivity index (χ1v) is 11.3. The number of aromatic nitrogens is 4. The lowest BCUT2D eigenvalue weighted by Crippen LogP contribution is -2.36. The van der Waals surface area contributed by atoms with E-state index >= 15 is 0 Å². The minimum Gasteiger partial charge on any atom is -0.394 e. The number of rotatable bonds is 7. The van der Waals surface area contributed by atoms with Gasteiger partial charge in [-0.05, 0) is 37.1 Å². The van der Waals surface area contributed by atoms with Gasteiger partial charge >= 0.3 is 0 Å². The molecule has 4 aromatic rings. The molecule has 1 aliphatic rings. The number of aliphatic hydroxyl groups is 1. The van der Waals surface area contributed by atoms with Crippen LogP contribution in [0, 0.1) is 0 Å². The van der Waals surface area contributed by atoms with Crippen LogP contribution < -0.4 is 10.6 Å². The quantitative estimate of drug-likeness (QED) is 0.301. The highest BCUT2D eigenvalue weighted by Crippen LogP contribution is 2.27. The van der Waals surface area contributed by atoms with Gasteiger partial charge in [-0.25, -0.2) is 9.97 Å². The van der Waals surface area contributed by atoms with Crippen LogP contribution in [-0.2, 0) is 4.74 Å². The molecule has 1 aromatic carbocycles. The third kappa shape index (κ3) is 4.88. The number of hydrogen-bond donors (Lipinski definition) is 4. The second-order valence-electron chi connectivity index (χ2n) is 8.30. The van der Waals surface area contributed by atoms with Gasteiger partial charge in [-0.15, -0.1) is 0 Å². The molecule has 4 N–H and O–H groups in total. The Kier molecular flexibility index (Phi) is 6.47. The van der Waals surface area contributed by atoms with Crippen LogP contribution in [0.15, 0.2) is 61.3 Å². The normalized spacial score (nSPS) is 17.7. The number of aromatic amines is 1. The maximum absolute atomic E-state index is 13.4. The van der Waals surface area contributed by atoms with Gasteiger partial charge in [-0.3, -0.25) is 14.6 Å². The molecule has 0 radical (unpaired) electrons. The summed E-state index contributed by atoms with van der Waals surface area (Å²) >= 11 is 0. The molecular formula is C25H24N6O4. The zero-order chi connectivity index (χ0) is 24.2. The fraction of sp³-hybridized carbons (Fsp3) is 0.240. The Labute approximate surface area is 200 Å². The summed E-state index contributed by atoms with van der Waals surface area (Å²) in [4.78, 5) is 41.5. The molecule has 178 valence electrons. The SMILES string of the molecule is O=C(Nc1ccncc1)c1ccc(C(=O)c2c[nH]c3ncnc(N[C@@H]4CC[C@H](CO)OC4)c23)cc1. The lowest BCUT2D eigenvalue weighted by Gasteiger charge is -2.29. The Morgan fingerprint density at radius 3 is 2.54 bits per heavy atom. The number of ketones is 1. The Morgan fingerprint density at radius 2 is 1.83 bits per heavy atom. The highest BCUT2D eigenvalue weighted by molar-refractivity contribution is 6.18. The molecule has 0 saturated carbocycles. The number of aliphatic hydroxyl groups excluding tert-OH is 1. The number of nitrogens with zero attached hydrogens (tertiary/aromatic N) is 3. The lowest BCUT2D eigenvalue weighted by molar-refractivity contribution is -0.0224. The molecule has 35 heavy (non-hydrogen) atoms. The third-order valence-electron chi connectivity index (χ3n) is 5.98. The number of hydrogen-bond acceptors (Lipinski definition) is 8. The van der Waals surface area contributed by atoms with Crippen molar-refractivity contribution in [3.8, 4) is 0 Å². The van der Waals surface area contributed by atoms with Crippen LogP contribution in [0.5, 0.6) is 0 Å². The van der Waals surface area contributed by atoms with Crippen LogP contribution >= 0.6 is 0 Å². The van der Waals surface area contributed by atoms with Gasteiger partial charge in [-0.1, -0.05) is 12.1 Å². The number of benzene rings is 1. The number of amides is 1. The Balaban J connectivity index is 1.35. The van der Waals surface area contributed by atoms with Crippen LogP contribution in [0.3, 0.4) is 0 Å². The van der Waals surface area contributed by atoms with Gasteiger partial charge in [0.25, 0.3) is 5.91 Å². The van der Waals surface area contributed by atoms with Gasteiger partial charge in [0.1, 0.15) is 17.8 Å². The summed E-state index contributed by atoms with van der Waals surface area (Å²) in [6.07, 6.45) is 7.66. The molecule has 1 fully saturated rings. The van der Waals surface area contributed by atoms with Crippen molar-refractivity contribution in [3.05, 3.63) is 78.0 Å². The minimum absolute atomic E-state index is 0.00508. The second kappa shape index (κ2) is 10.00. The molecule has 1 amide bonds. The molecule has 0 aliphatic carbocycles. The summed E-state index contributed by atoms with van der Waals surface area (Å²) in [5.41, 5.74) is 2.49. The van der Waals surface area contributed by atoms with Crippen molar-refractivity contribution >= 4 is 34.2 Å². The van der Waals surface area contributed by atoms with Gasteiger partial charge in [-0.2, -0.15) is 0 Å². The number of carbonyl (C=O) groups is 2. The Morgan fingerprint density at radius 1 is 1.06 bits per heavy atom. The summed E-state index contributed by atoms with van der Waals surface area (Å²) in [5, 5.41) is 16.0. The molecule has 3 aromatic heterocycles. The first-order chi connectivity index (χ1) is 17.1. The zero-order valence-corrected chi connectivity index (χ0v) is 18.8. The van der Waals surface area contributed by atoms with E-state index < -0.39 is 0 Å². The number of anilines is 2. The van der Waals surface area contributed by atoms with Gasteiger partial charge in [0.05, 0.1) is 36.3 Å². The molecule has 4 heterocycles. The van der Waals surface area contributed by atoms with Crippen molar-refractivity contribution in [2.45, 2.75) is 25.0 Å². The Hall–Kier alpha value is -4.15. The van der Waals surface area contributed by atoms with Crippen LogP contribution in [-0.4, -0.2) is 62.1 Å². The molecule has 10 heteroatoms. The number of ether oxygens (including phenoxy) is 1. The number of nitrogens with one attached hydrogen (secondary N) is 3. The zero-order valence-electron chi connectivity index (χ0n) is 18.8. The van der Waals surface area contributed by atoms with E-state index in [0.29, 0.717) is 45.8 Å². The number of pyridine rings is 1. The molecular weight excluding hydrogens is 448 g/mol. The van der Waals surface area contributed by atoms with E-state index in [-0.39, 0.29) is 30.4 Å². The van der Waals surface area contributed by atoms with Gasteiger partial charge in [0.15, 0.2) is 5.78 Å². The van der Waals surface area contributed by atoms with Gasteiger partial charge in [0, 0.05) is 35.4 Å². The molecule has 0 bridgehead atoms. The third-order valence-corrected chi connectivity index (χ3v) is 5.98. The highest BCUT2D eigenvalue weighted by atomic mass is 16.5. The smallest absolute Gasteiger partial charge is 0.255 e. The summed E-state index contributed by atoms with van der Waals surface area (Å²) in [7, 11) is 0. The largest absolute Gasteiger partial charge is 0.394 e. The topological polar surface area (TPSA) is 142 Å². The molecule has 10 nitrogen and oxygen atoms in total. The van der Waals surface area contributed by atoms with E-state index in [9.17, 15) is 14.7 Å². The maximum Gasteiger partial charge on any atom is 0.255 e. The molecule has 5 rings (SSSR count). The lowest BCUT2D eigenvalue weighted by atomic mass is 10.0. The predicted octanol–water partition coefficient (Wildman–Crippen LogP) is 2.79. The standard InChI is InChI=1S/C25H24N6O4/c32-12-19-6-5-18(13-35-19)30-24-21-20(11-27-23(21)28-14-29-24)22(33)15-1-3-16(4-2-15)25(34)31-17-7-9-26-10-8-17/h1-4,7-11,14,18-19,32H,5-6,12-13H2,(H,26,31,34)(H2,27,28,29,30)/t18-,19-/m1/s1. The summed E-state index contributed by atoms with van der Waals surface area (Å²) < 4.78 is 5.65. The number of fused-ring (bicyclic) bond motifs is 1. The monoisotopic (exact) mass is 472 g/mol.